The molecule has 2 unspecified atom stereocenters. The number of pyridine rings is 2. The number of rotatable bonds is 23. The lowest BCUT2D eigenvalue weighted by atomic mass is 9.86. The second-order valence-corrected chi connectivity index (χ2v) is 41.2. The molecule has 7 fully saturated rings. The summed E-state index contributed by atoms with van der Waals surface area (Å²) in [5, 5.41) is 53.2. The van der Waals surface area contributed by atoms with Gasteiger partial charge in [0, 0.05) is 101 Å². The van der Waals surface area contributed by atoms with Gasteiger partial charge in [-0.1, -0.05) is 98.8 Å². The fourth-order valence-electron chi connectivity index (χ4n) is 17.8. The molecule has 5 aromatic heterocycles. The van der Waals surface area contributed by atoms with Crippen LogP contribution in [0.2, 0.25) is 0 Å². The molecule has 3 aliphatic carbocycles. The van der Waals surface area contributed by atoms with Crippen LogP contribution in [0, 0.1) is 29.1 Å². The highest BCUT2D eigenvalue weighted by molar-refractivity contribution is 7.89. The number of amides is 8. The van der Waals surface area contributed by atoms with Crippen LogP contribution in [0.5, 0.6) is 23.0 Å². The molecule has 5 aliphatic heterocycles. The third-order valence-corrected chi connectivity index (χ3v) is 29.7. The second-order valence-electron chi connectivity index (χ2n) is 36.6. The van der Waals surface area contributed by atoms with Gasteiger partial charge >= 0.3 is 24.0 Å². The van der Waals surface area contributed by atoms with E-state index in [0.717, 1.165) is 79.3 Å². The molecule has 36 heteroatoms. The van der Waals surface area contributed by atoms with E-state index >= 15 is 4.79 Å². The van der Waals surface area contributed by atoms with E-state index in [-0.39, 0.29) is 91.9 Å². The number of urea groups is 2. The Hall–Kier alpha value is -10.0. The maximum atomic E-state index is 15.0. The van der Waals surface area contributed by atoms with Crippen molar-refractivity contribution >= 4 is 130 Å². The SMILES string of the molecule is COc1ccc2c(O[C@@H]3C[C@H]4C(=O)N[C@]5(C(=O)O)CC5CCCCCCC[C@H](NC(=O)N[C@H](C(=O)C5CC5)C(C)C)C(=O)N4C3)cc(-c3csc(NC(C)C)n3)nc2c1.COc1ccc2c(O[C@@H]3C[C@H]4C(=O)N[C@]5(C(=O)O)CC5CCCCCCC[C@H](NC(=O)N[C@H](CN5Cc6sccc6S5(=O)=O)C(C)(C)C)C(=O)N4C3)cc(-c3csc(NC(C)C)n3)nc2c1. The molecule has 8 aliphatic rings. The number of ketones is 1. The van der Waals surface area contributed by atoms with Gasteiger partial charge < -0.3 is 81.5 Å². The maximum Gasteiger partial charge on any atom is 0.329 e. The average molecular weight is 1800 g/mol. The molecular weight excluding hydrogens is 1680 g/mol. The van der Waals surface area contributed by atoms with E-state index in [9.17, 15) is 57.0 Å². The van der Waals surface area contributed by atoms with E-state index in [1.54, 1.807) is 56.0 Å². The number of aliphatic carboxylic acids is 2. The minimum atomic E-state index is -3.74. The zero-order valence-electron chi connectivity index (χ0n) is 72.8. The number of carboxylic acid groups (broad SMARTS) is 2. The Labute approximate surface area is 740 Å². The van der Waals surface area contributed by atoms with Gasteiger partial charge in [0.25, 0.3) is 0 Å². The highest BCUT2D eigenvalue weighted by Gasteiger charge is 2.64. The van der Waals surface area contributed by atoms with E-state index in [0.29, 0.717) is 113 Å². The molecule has 12 atom stereocenters. The third-order valence-electron chi connectivity index (χ3n) is 25.2. The Morgan fingerprint density at radius 3 is 1.44 bits per heavy atom. The Morgan fingerprint density at radius 2 is 1.02 bits per heavy atom. The van der Waals surface area contributed by atoms with Crippen molar-refractivity contribution in [1.82, 2.24) is 65.9 Å². The lowest BCUT2D eigenvalue weighted by Gasteiger charge is -2.35. The summed E-state index contributed by atoms with van der Waals surface area (Å²) in [6.45, 7) is 17.8. The summed E-state index contributed by atoms with van der Waals surface area (Å²) in [7, 11) is -0.591. The van der Waals surface area contributed by atoms with Crippen molar-refractivity contribution in [2.75, 3.05) is 44.5 Å². The number of nitrogens with zero attached hydrogens (tertiary/aromatic N) is 7. The largest absolute Gasteiger partial charge is 0.497 e. The summed E-state index contributed by atoms with van der Waals surface area (Å²) in [4.78, 5) is 148. The van der Waals surface area contributed by atoms with E-state index in [1.807, 2.05) is 91.3 Å². The van der Waals surface area contributed by atoms with Crippen LogP contribution in [-0.4, -0.2) is 212 Å². The number of aromatic nitrogens is 4. The quantitative estimate of drug-likeness (QED) is 0.0284. The van der Waals surface area contributed by atoms with Crippen molar-refractivity contribution in [2.45, 2.75) is 274 Å². The second kappa shape index (κ2) is 38.3. The van der Waals surface area contributed by atoms with Gasteiger partial charge in [-0.25, -0.2) is 47.5 Å². The predicted octanol–water partition coefficient (Wildman–Crippen LogP) is 12.5. The van der Waals surface area contributed by atoms with Crippen LogP contribution in [0.4, 0.5) is 19.9 Å². The van der Waals surface area contributed by atoms with Crippen molar-refractivity contribution < 1.29 is 80.7 Å². The number of thiazole rings is 2. The number of hydrogen-bond acceptors (Lipinski definition) is 24. The molecule has 3 saturated carbocycles. The summed E-state index contributed by atoms with van der Waals surface area (Å²) >= 11 is 4.29. The molecule has 0 bridgehead atoms. The number of carboxylic acids is 2. The minimum Gasteiger partial charge on any atom is -0.497 e. The molecule has 674 valence electrons. The van der Waals surface area contributed by atoms with Crippen molar-refractivity contribution in [3.63, 3.8) is 0 Å². The van der Waals surface area contributed by atoms with E-state index < -0.39 is 123 Å². The minimum absolute atomic E-state index is 0.00163. The average Bonchev–Trinajstić information content (AvgIpc) is 1.58. The number of carbonyl (C=O) groups is 9. The number of anilines is 2. The van der Waals surface area contributed by atoms with Crippen LogP contribution in [0.1, 0.15) is 196 Å². The Kier molecular flexibility index (Phi) is 27.9. The molecule has 32 nitrogen and oxygen atoms in total. The van der Waals surface area contributed by atoms with Crippen molar-refractivity contribution in [3.05, 3.63) is 75.6 Å². The molecule has 15 rings (SSSR count). The molecule has 2 aromatic carbocycles. The molecule has 8 amide bonds. The van der Waals surface area contributed by atoms with Gasteiger partial charge in [0.05, 0.1) is 60.7 Å². The Bertz CT molecular complexity index is 5300. The molecule has 10 N–H and O–H groups in total. The first-order valence-corrected chi connectivity index (χ1v) is 47.9. The van der Waals surface area contributed by atoms with Gasteiger partial charge in [0.1, 0.15) is 81.8 Å². The highest BCUT2D eigenvalue weighted by atomic mass is 32.2. The lowest BCUT2D eigenvalue weighted by molar-refractivity contribution is -0.146. The molecule has 125 heavy (non-hydrogen) atoms. The van der Waals surface area contributed by atoms with Crippen LogP contribution >= 0.6 is 34.0 Å². The molecule has 4 saturated heterocycles. The van der Waals surface area contributed by atoms with Crippen molar-refractivity contribution in [3.8, 4) is 45.8 Å². The normalized spacial score (nSPS) is 25.4. The molecule has 10 heterocycles. The number of benzene rings is 2. The zero-order valence-corrected chi connectivity index (χ0v) is 76.0. The molecular formula is C89H117N15O17S4. The predicted molar refractivity (Wildman–Crippen MR) is 476 cm³/mol. The smallest absolute Gasteiger partial charge is 0.329 e. The number of methoxy groups -OCH3 is 2. The van der Waals surface area contributed by atoms with Gasteiger partial charge in [0.2, 0.25) is 33.7 Å². The van der Waals surface area contributed by atoms with Gasteiger partial charge in [0.15, 0.2) is 16.0 Å². The number of sulfonamides is 1. The fraction of sp³-hybridized carbons (Fsp3) is 0.584. The van der Waals surface area contributed by atoms with Crippen LogP contribution in [0.15, 0.2) is 75.6 Å². The molecule has 0 radical (unpaired) electrons. The van der Waals surface area contributed by atoms with Crippen LogP contribution in [0.3, 0.4) is 0 Å². The number of fused-ring (bicyclic) bond motifs is 7. The summed E-state index contributed by atoms with van der Waals surface area (Å²) in [6.07, 6.45) is 11.0. The highest BCUT2D eigenvalue weighted by Crippen LogP contribution is 2.50. The first-order valence-electron chi connectivity index (χ1n) is 43.8. The summed E-state index contributed by atoms with van der Waals surface area (Å²) in [5.41, 5.74) is 0.169. The zero-order chi connectivity index (χ0) is 89.1. The number of thiophene rings is 1. The van der Waals surface area contributed by atoms with Crippen LogP contribution in [-0.2, 0) is 50.1 Å². The van der Waals surface area contributed by atoms with E-state index in [4.69, 9.17) is 38.9 Å². The van der Waals surface area contributed by atoms with Crippen molar-refractivity contribution in [2.24, 2.45) is 29.1 Å². The summed E-state index contributed by atoms with van der Waals surface area (Å²) < 4.78 is 52.8. The summed E-state index contributed by atoms with van der Waals surface area (Å²) in [6, 6.07) is 9.62. The number of carbonyl (C=O) groups excluding carboxylic acids is 7. The Balaban J connectivity index is 0.000000204. The molecule has 7 aromatic rings. The van der Waals surface area contributed by atoms with Gasteiger partial charge in [-0.05, 0) is 138 Å². The standard InChI is InChI=1S/C46H60N8O9S3.C43H57N7O8S/c1-26(2)47-44-50-34(25-65-44)33-20-36(30-15-14-28(62-6)18-32(30)48-33)63-29-19-35-40(55)52-46(42(57)58)21-27(46)12-10-8-7-9-11-13-31(41(56)54(35)22-29)49-43(59)51-39(45(3,4)5)24-53-23-37-38(16-17-64-37)66(53,60)61;1-23(2)36(37(51)25-13-14-25)48-41(56)46-30-12-10-8-6-7-9-11-26-20-43(26,40(54)55)49-38(52)34-18-28(21-50(34)39(30)53)58-35-19-32(33-22-59-42(47-33)44-24(3)4)45-31-17-27(57-5)15-16-29(31)35/h14-18,20,25-27,29,31,35,39H,7-13,19,21-24H2,1-6H3,(H,47,50)(H,52,55)(H,57,58)(H2,49,51,59);15-17,19,22-26,28,30,34,36H,6-14,18,20-21H2,1-5H3,(H,44,47)(H,49,52)(H,54,55)(H2,46,48,56)/t27?,29-,31+,35+,39-,46-;26?,28-,30+,34+,36+,43-/m11/s1. The van der Waals surface area contributed by atoms with E-state index in [1.165, 1.54) is 48.1 Å². The number of ether oxygens (including phenoxy) is 4. The van der Waals surface area contributed by atoms with Gasteiger partial charge in [-0.3, -0.25) is 24.0 Å². The van der Waals surface area contributed by atoms with Gasteiger partial charge in [-0.15, -0.1) is 34.0 Å². The maximum absolute atomic E-state index is 15.0. The fourth-order valence-corrected chi connectivity index (χ4v) is 22.4. The Morgan fingerprint density at radius 1 is 0.576 bits per heavy atom. The monoisotopic (exact) mass is 1800 g/mol. The topological polar surface area (TPSA) is 423 Å². The lowest BCUT2D eigenvalue weighted by Crippen LogP contribution is -2.59. The summed E-state index contributed by atoms with van der Waals surface area (Å²) in [5.74, 6) is -2.82. The van der Waals surface area contributed by atoms with Crippen LogP contribution in [0.25, 0.3) is 44.6 Å². The third kappa shape index (κ3) is 21.0. The molecule has 0 spiro atoms. The first kappa shape index (κ1) is 91.2. The van der Waals surface area contributed by atoms with Crippen molar-refractivity contribution in [1.29, 1.82) is 0 Å². The van der Waals surface area contributed by atoms with E-state index in [2.05, 4.69) is 42.5 Å². The van der Waals surface area contributed by atoms with Gasteiger partial charge in [-0.2, -0.15) is 4.31 Å². The first-order chi connectivity index (χ1) is 59.6. The van der Waals surface area contributed by atoms with Crippen LogP contribution < -0.4 is 61.5 Å². The number of nitrogens with one attached hydrogen (secondary N) is 8. The number of hydrogen-bond donors (Lipinski definition) is 10. The number of Topliss-reactive ketones (excluding diaryl/α,β-unsaturated/α-hetero) is 1.